The Hall–Kier alpha value is -2.27. The summed E-state index contributed by atoms with van der Waals surface area (Å²) in [7, 11) is 0. The lowest BCUT2D eigenvalue weighted by molar-refractivity contribution is -0.686. The number of halogens is 1. The first kappa shape index (κ1) is 13.7. The number of Topliss-reactive ketones (excluding diaryl/α,β-unsaturated/α-hetero) is 1. The molecule has 0 aliphatic rings. The molecule has 0 atom stereocenters. The summed E-state index contributed by atoms with van der Waals surface area (Å²) in [4.78, 5) is 16.4. The molecule has 3 rings (SSSR count). The highest BCUT2D eigenvalue weighted by Gasteiger charge is 2.12. The van der Waals surface area contributed by atoms with Crippen LogP contribution in [-0.2, 0) is 6.54 Å². The van der Waals surface area contributed by atoms with Crippen LogP contribution in [0, 0.1) is 0 Å². The molecule has 0 unspecified atom stereocenters. The zero-order chi connectivity index (χ0) is 14.7. The maximum atomic E-state index is 12.2. The number of carbonyl (C=O) groups is 1. The first-order valence-electron chi connectivity index (χ1n) is 6.40. The number of benzene rings is 1. The topological polar surface area (TPSA) is 47.0 Å². The standard InChI is InChI=1S/C16H12BrN2O2/c17-13-5-3-12(4-6-13)15(20)10-19-8-7-14(18-11-19)16-2-1-9-21-16/h1-9,11H,10H2/q+1. The van der Waals surface area contributed by atoms with Gasteiger partial charge in [0.05, 0.1) is 12.5 Å². The minimum absolute atomic E-state index is 0.0417. The van der Waals surface area contributed by atoms with Crippen LogP contribution in [0.3, 0.4) is 0 Å². The predicted molar refractivity (Wildman–Crippen MR) is 80.6 cm³/mol. The third-order valence-electron chi connectivity index (χ3n) is 3.04. The SMILES string of the molecule is O=C(C[n+]1ccc(-c2ccco2)nc1)c1ccc(Br)cc1. The Labute approximate surface area is 130 Å². The van der Waals surface area contributed by atoms with E-state index in [0.717, 1.165) is 10.2 Å². The molecule has 0 N–H and O–H groups in total. The van der Waals surface area contributed by atoms with E-state index < -0.39 is 0 Å². The molecule has 104 valence electrons. The molecule has 1 aromatic carbocycles. The van der Waals surface area contributed by atoms with E-state index in [4.69, 9.17) is 4.42 Å². The Bertz CT molecular complexity index is 735. The number of carbonyl (C=O) groups excluding carboxylic acids is 1. The van der Waals surface area contributed by atoms with Crippen LogP contribution in [0.5, 0.6) is 0 Å². The van der Waals surface area contributed by atoms with Crippen LogP contribution in [0.15, 0.2) is 70.1 Å². The summed E-state index contributed by atoms with van der Waals surface area (Å²) in [5, 5.41) is 0. The third-order valence-corrected chi connectivity index (χ3v) is 3.56. The summed E-state index contributed by atoms with van der Waals surface area (Å²) in [6.45, 7) is 0.257. The summed E-state index contributed by atoms with van der Waals surface area (Å²) < 4.78 is 7.98. The van der Waals surface area contributed by atoms with E-state index in [2.05, 4.69) is 20.9 Å². The van der Waals surface area contributed by atoms with Crippen molar-refractivity contribution in [3.05, 3.63) is 71.3 Å². The fraction of sp³-hybridized carbons (Fsp3) is 0.0625. The van der Waals surface area contributed by atoms with Crippen LogP contribution in [0.4, 0.5) is 0 Å². The maximum Gasteiger partial charge on any atom is 0.287 e. The molecule has 0 fully saturated rings. The minimum atomic E-state index is 0.0417. The highest BCUT2D eigenvalue weighted by Crippen LogP contribution is 2.15. The van der Waals surface area contributed by atoms with Crippen LogP contribution in [0.1, 0.15) is 10.4 Å². The molecular formula is C16H12BrN2O2+. The molecule has 5 heteroatoms. The zero-order valence-electron chi connectivity index (χ0n) is 11.1. The second kappa shape index (κ2) is 6.01. The molecule has 0 spiro atoms. The average Bonchev–Trinajstić information content (AvgIpc) is 3.03. The highest BCUT2D eigenvalue weighted by molar-refractivity contribution is 9.10. The smallest absolute Gasteiger partial charge is 0.287 e. The van der Waals surface area contributed by atoms with Crippen LogP contribution in [-0.4, -0.2) is 10.8 Å². The Balaban J connectivity index is 1.73. The molecule has 4 nitrogen and oxygen atoms in total. The molecule has 2 aromatic heterocycles. The molecule has 21 heavy (non-hydrogen) atoms. The highest BCUT2D eigenvalue weighted by atomic mass is 79.9. The van der Waals surface area contributed by atoms with Gasteiger partial charge in [-0.05, 0) is 29.2 Å². The molecular weight excluding hydrogens is 332 g/mol. The van der Waals surface area contributed by atoms with Crippen LogP contribution >= 0.6 is 15.9 Å². The second-order valence-electron chi connectivity index (χ2n) is 4.53. The van der Waals surface area contributed by atoms with Crippen molar-refractivity contribution in [1.82, 2.24) is 4.98 Å². The van der Waals surface area contributed by atoms with Gasteiger partial charge in [0.1, 0.15) is 0 Å². The number of ketones is 1. The number of hydrogen-bond acceptors (Lipinski definition) is 3. The lowest BCUT2D eigenvalue weighted by Crippen LogP contribution is -2.37. The fourth-order valence-electron chi connectivity index (χ4n) is 1.94. The van der Waals surface area contributed by atoms with Crippen molar-refractivity contribution in [2.45, 2.75) is 6.54 Å². The Morgan fingerprint density at radius 3 is 2.62 bits per heavy atom. The Kier molecular flexibility index (Phi) is 3.92. The summed E-state index contributed by atoms with van der Waals surface area (Å²) in [5.74, 6) is 0.751. The summed E-state index contributed by atoms with van der Waals surface area (Å²) >= 11 is 3.35. The van der Waals surface area contributed by atoms with Gasteiger partial charge in [-0.15, -0.1) is 0 Å². The van der Waals surface area contributed by atoms with Crippen LogP contribution < -0.4 is 4.57 Å². The molecule has 0 aliphatic heterocycles. The number of nitrogens with zero attached hydrogens (tertiary/aromatic N) is 2. The number of rotatable bonds is 4. The van der Waals surface area contributed by atoms with Crippen LogP contribution in [0.2, 0.25) is 0 Å². The van der Waals surface area contributed by atoms with E-state index in [1.165, 1.54) is 0 Å². The minimum Gasteiger partial charge on any atom is -0.460 e. The molecule has 2 heterocycles. The Morgan fingerprint density at radius 2 is 2.00 bits per heavy atom. The maximum absolute atomic E-state index is 12.2. The second-order valence-corrected chi connectivity index (χ2v) is 5.44. The van der Waals surface area contributed by atoms with Gasteiger partial charge in [-0.25, -0.2) is 4.57 Å². The molecule has 0 radical (unpaired) electrons. The van der Waals surface area contributed by atoms with Gasteiger partial charge in [0, 0.05) is 16.1 Å². The predicted octanol–water partition coefficient (Wildman–Crippen LogP) is 3.27. The Morgan fingerprint density at radius 1 is 1.19 bits per heavy atom. The zero-order valence-corrected chi connectivity index (χ0v) is 12.7. The van der Waals surface area contributed by atoms with Gasteiger partial charge >= 0.3 is 0 Å². The molecule has 0 saturated carbocycles. The quantitative estimate of drug-likeness (QED) is 0.539. The van der Waals surface area contributed by atoms with E-state index in [1.807, 2.05) is 36.5 Å². The van der Waals surface area contributed by atoms with Crippen molar-refractivity contribution in [2.24, 2.45) is 0 Å². The van der Waals surface area contributed by atoms with E-state index in [0.29, 0.717) is 11.3 Å². The average molecular weight is 344 g/mol. The summed E-state index contributed by atoms with van der Waals surface area (Å²) in [6.07, 6.45) is 5.06. The van der Waals surface area contributed by atoms with Gasteiger partial charge in [0.2, 0.25) is 11.5 Å². The number of hydrogen-bond donors (Lipinski definition) is 0. The van der Waals surface area contributed by atoms with Crippen molar-refractivity contribution >= 4 is 21.7 Å². The van der Waals surface area contributed by atoms with E-state index in [9.17, 15) is 4.79 Å². The van der Waals surface area contributed by atoms with E-state index in [-0.39, 0.29) is 12.3 Å². The van der Waals surface area contributed by atoms with Crippen molar-refractivity contribution in [2.75, 3.05) is 0 Å². The van der Waals surface area contributed by atoms with Crippen molar-refractivity contribution in [1.29, 1.82) is 0 Å². The normalized spacial score (nSPS) is 10.5. The van der Waals surface area contributed by atoms with Gasteiger partial charge < -0.3 is 4.42 Å². The van der Waals surface area contributed by atoms with E-state index in [1.54, 1.807) is 29.3 Å². The number of aromatic nitrogens is 2. The number of furan rings is 1. The van der Waals surface area contributed by atoms with Gasteiger partial charge in [0.15, 0.2) is 12.3 Å². The van der Waals surface area contributed by atoms with Gasteiger partial charge in [-0.2, -0.15) is 0 Å². The first-order valence-corrected chi connectivity index (χ1v) is 7.19. The van der Waals surface area contributed by atoms with Gasteiger partial charge in [0.25, 0.3) is 6.33 Å². The molecule has 0 amide bonds. The van der Waals surface area contributed by atoms with Gasteiger partial charge in [-0.1, -0.05) is 28.1 Å². The summed E-state index contributed by atoms with van der Waals surface area (Å²) in [6, 6.07) is 12.8. The fourth-order valence-corrected chi connectivity index (χ4v) is 2.21. The van der Waals surface area contributed by atoms with Crippen molar-refractivity contribution in [3.63, 3.8) is 0 Å². The third kappa shape index (κ3) is 3.25. The van der Waals surface area contributed by atoms with Gasteiger partial charge in [-0.3, -0.25) is 4.79 Å². The summed E-state index contributed by atoms with van der Waals surface area (Å²) in [5.41, 5.74) is 1.42. The molecule has 0 bridgehead atoms. The van der Waals surface area contributed by atoms with Crippen LogP contribution in [0.25, 0.3) is 11.5 Å². The molecule has 3 aromatic rings. The monoisotopic (exact) mass is 343 g/mol. The van der Waals surface area contributed by atoms with Crippen molar-refractivity contribution in [3.8, 4) is 11.5 Å². The van der Waals surface area contributed by atoms with E-state index >= 15 is 0 Å². The lowest BCUT2D eigenvalue weighted by Gasteiger charge is -2.00. The largest absolute Gasteiger partial charge is 0.460 e. The lowest BCUT2D eigenvalue weighted by atomic mass is 10.1. The first-order chi connectivity index (χ1) is 10.2. The molecule has 0 saturated heterocycles. The molecule has 0 aliphatic carbocycles. The van der Waals surface area contributed by atoms with Crippen molar-refractivity contribution < 1.29 is 13.8 Å².